The molecule has 0 bridgehead atoms. The highest BCUT2D eigenvalue weighted by molar-refractivity contribution is 7.14. The molecule has 0 radical (unpaired) electrons. The van der Waals surface area contributed by atoms with Crippen LogP contribution in [-0.4, -0.2) is 52.1 Å². The molecule has 2 amide bonds. The monoisotopic (exact) mass is 680 g/mol. The van der Waals surface area contributed by atoms with Crippen molar-refractivity contribution in [1.29, 1.82) is 0 Å². The lowest BCUT2D eigenvalue weighted by Gasteiger charge is -2.35. The fourth-order valence-corrected chi connectivity index (χ4v) is 8.86. The predicted molar refractivity (Wildman–Crippen MR) is 197 cm³/mol. The van der Waals surface area contributed by atoms with Crippen LogP contribution in [0.25, 0.3) is 17.0 Å². The Kier molecular flexibility index (Phi) is 11.1. The van der Waals surface area contributed by atoms with Crippen molar-refractivity contribution in [2.75, 3.05) is 13.1 Å². The van der Waals surface area contributed by atoms with Crippen molar-refractivity contribution in [3.05, 3.63) is 75.7 Å². The topological polar surface area (TPSA) is 92.3 Å². The van der Waals surface area contributed by atoms with E-state index in [4.69, 9.17) is 9.97 Å². The van der Waals surface area contributed by atoms with Crippen molar-refractivity contribution in [3.63, 3.8) is 0 Å². The molecule has 7 nitrogen and oxygen atoms in total. The number of thiophene rings is 1. The number of benzene rings is 1. The molecule has 1 aliphatic heterocycles. The summed E-state index contributed by atoms with van der Waals surface area (Å²) in [6, 6.07) is 11.0. The second kappa shape index (κ2) is 15.5. The fourth-order valence-electron chi connectivity index (χ4n) is 7.89. The lowest BCUT2D eigenvalue weighted by atomic mass is 9.71. The van der Waals surface area contributed by atoms with Crippen molar-refractivity contribution in [3.8, 4) is 11.4 Å². The molecule has 6 rings (SSSR count). The molecule has 0 spiro atoms. The minimum Gasteiger partial charge on any atom is -0.340 e. The lowest BCUT2D eigenvalue weighted by Crippen LogP contribution is -2.49. The average molecular weight is 681 g/mol. The van der Waals surface area contributed by atoms with Gasteiger partial charge in [0.2, 0.25) is 5.91 Å². The summed E-state index contributed by atoms with van der Waals surface area (Å²) in [5.41, 5.74) is 4.26. The molecule has 1 unspecified atom stereocenters. The van der Waals surface area contributed by atoms with Crippen LogP contribution in [0.1, 0.15) is 111 Å². The SMILES string of the molecule is CCC1CCC(C2CC=C(c3cnc(-c4ccc(C[C@H](NC(=O)c5ccc(C(C)(C)C)s5)C(=O)N5CC[C@H](C=O)C5)cc4)nc3)CC2)CC1. The van der Waals surface area contributed by atoms with E-state index in [1.807, 2.05) is 48.8 Å². The summed E-state index contributed by atoms with van der Waals surface area (Å²) >= 11 is 1.46. The fraction of sp³-hybridized carbons (Fsp3) is 0.537. The number of carbonyl (C=O) groups excluding carboxylic acids is 3. The van der Waals surface area contributed by atoms with E-state index in [1.54, 1.807) is 4.90 Å². The van der Waals surface area contributed by atoms with Crippen molar-refractivity contribution in [2.45, 2.75) is 103 Å². The number of amides is 2. The smallest absolute Gasteiger partial charge is 0.262 e. The average Bonchev–Trinajstić information content (AvgIpc) is 3.83. The summed E-state index contributed by atoms with van der Waals surface area (Å²) in [5, 5.41) is 3.03. The van der Waals surface area contributed by atoms with Gasteiger partial charge >= 0.3 is 0 Å². The Morgan fingerprint density at radius 3 is 2.29 bits per heavy atom. The van der Waals surface area contributed by atoms with Crippen LogP contribution in [0.5, 0.6) is 0 Å². The van der Waals surface area contributed by atoms with Crippen LogP contribution in [0.4, 0.5) is 0 Å². The highest BCUT2D eigenvalue weighted by Gasteiger charge is 2.33. The molecule has 1 saturated heterocycles. The van der Waals surface area contributed by atoms with E-state index < -0.39 is 6.04 Å². The Balaban J connectivity index is 1.10. The second-order valence-electron chi connectivity index (χ2n) is 15.6. The van der Waals surface area contributed by atoms with Crippen molar-refractivity contribution < 1.29 is 14.4 Å². The molecule has 3 atom stereocenters. The van der Waals surface area contributed by atoms with Gasteiger partial charge in [0.15, 0.2) is 5.82 Å². The van der Waals surface area contributed by atoms with Crippen LogP contribution in [0.2, 0.25) is 0 Å². The van der Waals surface area contributed by atoms with E-state index in [9.17, 15) is 14.4 Å². The molecule has 49 heavy (non-hydrogen) atoms. The zero-order chi connectivity index (χ0) is 34.5. The van der Waals surface area contributed by atoms with Crippen LogP contribution in [0.15, 0.2) is 54.9 Å². The summed E-state index contributed by atoms with van der Waals surface area (Å²) in [4.78, 5) is 51.3. The van der Waals surface area contributed by atoms with E-state index in [1.165, 1.54) is 61.9 Å². The zero-order valence-corrected chi connectivity index (χ0v) is 30.4. The Bertz CT molecular complexity index is 1630. The number of aldehydes is 1. The van der Waals surface area contributed by atoms with Crippen molar-refractivity contribution in [2.24, 2.45) is 23.7 Å². The molecule has 260 valence electrons. The molecule has 1 aromatic carbocycles. The van der Waals surface area contributed by atoms with E-state index in [-0.39, 0.29) is 23.1 Å². The molecule has 3 aromatic rings. The van der Waals surface area contributed by atoms with Gasteiger partial charge in [-0.2, -0.15) is 0 Å². The standard InChI is InChI=1S/C41H52N4O3S/c1-5-27-6-10-30(11-7-27)31-14-16-32(17-15-31)34-23-42-38(43-24-34)33-12-8-28(9-13-33)22-35(40(48)45-21-20-29(25-45)26-46)44-39(47)36-18-19-37(49-36)41(2,3)4/h8-9,12-13,16,18-19,23-24,26-27,29-31,35H,5-7,10-11,14-15,17,20-22,25H2,1-4H3,(H,44,47)/t27?,29-,30?,31?,35-/m0/s1. The number of hydrogen-bond donors (Lipinski definition) is 1. The molecule has 2 aliphatic carbocycles. The minimum atomic E-state index is -0.741. The van der Waals surface area contributed by atoms with Gasteiger partial charge < -0.3 is 15.0 Å². The molecule has 2 fully saturated rings. The summed E-state index contributed by atoms with van der Waals surface area (Å²) in [6.07, 6.45) is 18.8. The normalized spacial score (nSPS) is 23.5. The Morgan fingerprint density at radius 2 is 1.69 bits per heavy atom. The van der Waals surface area contributed by atoms with Gasteiger partial charge in [0.1, 0.15) is 12.3 Å². The number of nitrogens with zero attached hydrogens (tertiary/aromatic N) is 3. The maximum Gasteiger partial charge on any atom is 0.262 e. The van der Waals surface area contributed by atoms with Gasteiger partial charge in [0, 0.05) is 53.8 Å². The molecule has 2 aromatic heterocycles. The third-order valence-corrected chi connectivity index (χ3v) is 12.7. The largest absolute Gasteiger partial charge is 0.340 e. The van der Waals surface area contributed by atoms with E-state index in [2.05, 4.69) is 39.1 Å². The van der Waals surface area contributed by atoms with Gasteiger partial charge in [0.05, 0.1) is 4.88 Å². The number of carbonyl (C=O) groups is 3. The first-order valence-electron chi connectivity index (χ1n) is 18.4. The van der Waals surface area contributed by atoms with E-state index in [0.717, 1.165) is 52.0 Å². The van der Waals surface area contributed by atoms with Gasteiger partial charge in [0.25, 0.3) is 5.91 Å². The zero-order valence-electron chi connectivity index (χ0n) is 29.6. The second-order valence-corrected chi connectivity index (χ2v) is 16.6. The summed E-state index contributed by atoms with van der Waals surface area (Å²) in [5.74, 6) is 2.78. The van der Waals surface area contributed by atoms with Crippen molar-refractivity contribution in [1.82, 2.24) is 20.2 Å². The lowest BCUT2D eigenvalue weighted by molar-refractivity contribution is -0.132. The third kappa shape index (κ3) is 8.57. The van der Waals surface area contributed by atoms with Gasteiger partial charge in [-0.25, -0.2) is 9.97 Å². The third-order valence-electron chi connectivity index (χ3n) is 11.2. The van der Waals surface area contributed by atoms with Gasteiger partial charge in [-0.1, -0.05) is 77.3 Å². The first-order chi connectivity index (χ1) is 23.6. The predicted octanol–water partition coefficient (Wildman–Crippen LogP) is 8.29. The van der Waals surface area contributed by atoms with Crippen LogP contribution < -0.4 is 5.32 Å². The summed E-state index contributed by atoms with van der Waals surface area (Å²) in [6.45, 7) is 9.61. The highest BCUT2D eigenvalue weighted by Crippen LogP contribution is 2.41. The first-order valence-corrected chi connectivity index (χ1v) is 19.2. The number of likely N-dealkylation sites (tertiary alicyclic amines) is 1. The number of rotatable bonds is 10. The van der Waals surface area contributed by atoms with Gasteiger partial charge in [-0.15, -0.1) is 11.3 Å². The molecule has 8 heteroatoms. The van der Waals surface area contributed by atoms with E-state index in [0.29, 0.717) is 36.6 Å². The van der Waals surface area contributed by atoms with Crippen LogP contribution in [0, 0.1) is 23.7 Å². The molecule has 1 saturated carbocycles. The van der Waals surface area contributed by atoms with Crippen LogP contribution >= 0.6 is 11.3 Å². The molecular weight excluding hydrogens is 629 g/mol. The molecular formula is C41H52N4O3S. The summed E-state index contributed by atoms with van der Waals surface area (Å²) in [7, 11) is 0. The number of aromatic nitrogens is 2. The number of nitrogens with one attached hydrogen (secondary N) is 1. The van der Waals surface area contributed by atoms with E-state index >= 15 is 0 Å². The Hall–Kier alpha value is -3.65. The van der Waals surface area contributed by atoms with Gasteiger partial charge in [-0.3, -0.25) is 9.59 Å². The molecule has 1 N–H and O–H groups in total. The molecule has 3 aliphatic rings. The maximum absolute atomic E-state index is 13.7. The number of allylic oxidation sites excluding steroid dienone is 2. The summed E-state index contributed by atoms with van der Waals surface area (Å²) < 4.78 is 0. The minimum absolute atomic E-state index is 0.0622. The van der Waals surface area contributed by atoms with Crippen LogP contribution in [-0.2, 0) is 21.4 Å². The quantitative estimate of drug-likeness (QED) is 0.218. The Morgan fingerprint density at radius 1 is 0.959 bits per heavy atom. The number of hydrogen-bond acceptors (Lipinski definition) is 6. The van der Waals surface area contributed by atoms with Gasteiger partial charge in [-0.05, 0) is 85.0 Å². The first kappa shape index (κ1) is 35.2. The van der Waals surface area contributed by atoms with Crippen molar-refractivity contribution >= 4 is 35.0 Å². The Labute approximate surface area is 296 Å². The maximum atomic E-state index is 13.7. The molecule has 3 heterocycles. The van der Waals surface area contributed by atoms with Crippen LogP contribution in [0.3, 0.4) is 0 Å². The highest BCUT2D eigenvalue weighted by atomic mass is 32.1.